The number of hydrogen-bond acceptors (Lipinski definition) is 4. The standard InChI is InChI=1S/C22H16ClF5N4O/c1-11-5-13(22(26,27)28)7-20(30-11)32-17-3-4-29-10-12(17)6-19(32)21(33)31(2)18-8-14(23)15(24)9-16(18)25/h3-5,7-10,19H,6H2,1-2H3/t19-/m0/s1/i2D3. The van der Waals surface area contributed by atoms with E-state index >= 15 is 0 Å². The van der Waals surface area contributed by atoms with Gasteiger partial charge in [-0.3, -0.25) is 9.78 Å². The number of aryl methyl sites for hydroxylation is 1. The van der Waals surface area contributed by atoms with Crippen LogP contribution in [0.4, 0.5) is 39.1 Å². The average molecular weight is 486 g/mol. The highest BCUT2D eigenvalue weighted by Crippen LogP contribution is 2.40. The van der Waals surface area contributed by atoms with Crippen LogP contribution < -0.4 is 9.80 Å². The summed E-state index contributed by atoms with van der Waals surface area (Å²) >= 11 is 5.72. The van der Waals surface area contributed by atoms with E-state index in [2.05, 4.69) is 9.97 Å². The number of rotatable bonds is 3. The molecule has 3 heterocycles. The SMILES string of the molecule is [2H]C([2H])([2H])N(C(=O)[C@@H]1Cc2cnccc2N1c1cc(C(F)(F)F)cc(C)n1)c1cc(Cl)c(F)cc1F. The molecule has 1 aliphatic heterocycles. The smallest absolute Gasteiger partial charge is 0.313 e. The molecule has 0 bridgehead atoms. The zero-order valence-corrected chi connectivity index (χ0v) is 17.5. The fourth-order valence-electron chi connectivity index (χ4n) is 3.65. The van der Waals surface area contributed by atoms with Gasteiger partial charge in [-0.15, -0.1) is 0 Å². The van der Waals surface area contributed by atoms with Gasteiger partial charge in [-0.05, 0) is 36.8 Å². The summed E-state index contributed by atoms with van der Waals surface area (Å²) in [6.07, 6.45) is -2.16. The van der Waals surface area contributed by atoms with Crippen molar-refractivity contribution in [2.24, 2.45) is 0 Å². The van der Waals surface area contributed by atoms with Crippen LogP contribution in [-0.2, 0) is 17.4 Å². The predicted molar refractivity (Wildman–Crippen MR) is 113 cm³/mol. The van der Waals surface area contributed by atoms with Crippen LogP contribution in [0.25, 0.3) is 0 Å². The van der Waals surface area contributed by atoms with E-state index in [9.17, 15) is 26.7 Å². The molecule has 3 aromatic rings. The van der Waals surface area contributed by atoms with Crippen molar-refractivity contribution in [2.45, 2.75) is 25.6 Å². The number of halogens is 6. The number of amides is 1. The molecule has 0 fully saturated rings. The van der Waals surface area contributed by atoms with Gasteiger partial charge in [0.05, 0.1) is 16.3 Å². The number of alkyl halides is 3. The van der Waals surface area contributed by atoms with Crippen molar-refractivity contribution in [3.63, 3.8) is 0 Å². The minimum atomic E-state index is -4.72. The molecule has 1 atom stereocenters. The van der Waals surface area contributed by atoms with E-state index in [4.69, 9.17) is 15.7 Å². The number of nitrogens with zero attached hydrogens (tertiary/aromatic N) is 4. The molecule has 172 valence electrons. The lowest BCUT2D eigenvalue weighted by Gasteiger charge is -2.30. The van der Waals surface area contributed by atoms with Gasteiger partial charge in [0.1, 0.15) is 23.5 Å². The summed E-state index contributed by atoms with van der Waals surface area (Å²) in [5.74, 6) is -3.99. The van der Waals surface area contributed by atoms with Crippen molar-refractivity contribution >= 4 is 34.7 Å². The first-order chi connectivity index (χ1) is 16.7. The van der Waals surface area contributed by atoms with Crippen molar-refractivity contribution in [1.82, 2.24) is 9.97 Å². The first-order valence-electron chi connectivity index (χ1n) is 10.9. The van der Waals surface area contributed by atoms with Crippen LogP contribution >= 0.6 is 11.6 Å². The molecule has 1 aromatic carbocycles. The van der Waals surface area contributed by atoms with Crippen LogP contribution in [0.1, 0.15) is 20.9 Å². The van der Waals surface area contributed by atoms with Gasteiger partial charge >= 0.3 is 6.18 Å². The number of fused-ring (bicyclic) bond motifs is 1. The van der Waals surface area contributed by atoms with Gasteiger partial charge < -0.3 is 9.80 Å². The Morgan fingerprint density at radius 3 is 2.70 bits per heavy atom. The minimum absolute atomic E-state index is 0.00225. The van der Waals surface area contributed by atoms with Crippen LogP contribution in [0.15, 0.2) is 42.7 Å². The number of benzene rings is 1. The third kappa shape index (κ3) is 4.22. The van der Waals surface area contributed by atoms with E-state index in [1.807, 2.05) is 0 Å². The van der Waals surface area contributed by atoms with Crippen molar-refractivity contribution in [1.29, 1.82) is 0 Å². The largest absolute Gasteiger partial charge is 0.416 e. The Bertz CT molecular complexity index is 1350. The monoisotopic (exact) mass is 485 g/mol. The summed E-state index contributed by atoms with van der Waals surface area (Å²) in [5, 5.41) is -0.626. The van der Waals surface area contributed by atoms with E-state index in [1.54, 1.807) is 0 Å². The molecular weight excluding hydrogens is 467 g/mol. The maximum absolute atomic E-state index is 14.7. The summed E-state index contributed by atoms with van der Waals surface area (Å²) in [6, 6.07) is 2.56. The van der Waals surface area contributed by atoms with Crippen molar-refractivity contribution in [3.8, 4) is 0 Å². The highest BCUT2D eigenvalue weighted by molar-refractivity contribution is 6.31. The second-order valence-electron chi connectivity index (χ2n) is 7.34. The lowest BCUT2D eigenvalue weighted by atomic mass is 10.1. The topological polar surface area (TPSA) is 49.3 Å². The quantitative estimate of drug-likeness (QED) is 0.365. The third-order valence-corrected chi connectivity index (χ3v) is 5.40. The highest BCUT2D eigenvalue weighted by Gasteiger charge is 2.40. The normalized spacial score (nSPS) is 17.2. The summed E-state index contributed by atoms with van der Waals surface area (Å²) in [6.45, 7) is -1.92. The number of anilines is 3. The molecular formula is C22H16ClF5N4O. The molecule has 0 aliphatic carbocycles. The number of likely N-dealkylation sites (N-methyl/N-ethyl adjacent to an activating group) is 1. The Balaban J connectivity index is 1.88. The van der Waals surface area contributed by atoms with Gasteiger partial charge in [0.25, 0.3) is 0 Å². The van der Waals surface area contributed by atoms with E-state index in [-0.39, 0.29) is 28.5 Å². The van der Waals surface area contributed by atoms with Gasteiger partial charge in [-0.25, -0.2) is 13.8 Å². The molecule has 11 heteroatoms. The summed E-state index contributed by atoms with van der Waals surface area (Å²) in [4.78, 5) is 23.1. The molecule has 0 saturated carbocycles. The number of pyridine rings is 2. The van der Waals surface area contributed by atoms with Crippen LogP contribution in [0, 0.1) is 18.6 Å². The first-order valence-corrected chi connectivity index (χ1v) is 9.83. The second kappa shape index (κ2) is 8.26. The van der Waals surface area contributed by atoms with Gasteiger partial charge in [-0.2, -0.15) is 13.2 Å². The molecule has 33 heavy (non-hydrogen) atoms. The second-order valence-corrected chi connectivity index (χ2v) is 7.75. The van der Waals surface area contributed by atoms with Gasteiger partial charge in [0.15, 0.2) is 0 Å². The molecule has 1 aliphatic rings. The van der Waals surface area contributed by atoms with Crippen LogP contribution in [0.2, 0.25) is 5.02 Å². The zero-order valence-electron chi connectivity index (χ0n) is 19.8. The first kappa shape index (κ1) is 19.2. The Morgan fingerprint density at radius 2 is 2.00 bits per heavy atom. The number of carbonyl (C=O) groups excluding carboxylic acids is 1. The van der Waals surface area contributed by atoms with Gasteiger partial charge in [0, 0.05) is 47.4 Å². The van der Waals surface area contributed by atoms with Crippen LogP contribution in [0.5, 0.6) is 0 Å². The van der Waals surface area contributed by atoms with E-state index < -0.39 is 53.0 Å². The van der Waals surface area contributed by atoms with Gasteiger partial charge in [0.2, 0.25) is 5.91 Å². The number of aromatic nitrogens is 2. The molecule has 0 radical (unpaired) electrons. The Morgan fingerprint density at radius 1 is 1.24 bits per heavy atom. The molecule has 0 spiro atoms. The average Bonchev–Trinajstić information content (AvgIpc) is 3.15. The molecule has 0 N–H and O–H groups in total. The Labute approximate surface area is 194 Å². The Kier molecular flexibility index (Phi) is 4.81. The van der Waals surface area contributed by atoms with Crippen molar-refractivity contribution in [2.75, 3.05) is 16.8 Å². The zero-order chi connectivity index (χ0) is 26.6. The van der Waals surface area contributed by atoms with E-state index in [1.165, 1.54) is 25.4 Å². The van der Waals surface area contributed by atoms with Gasteiger partial charge in [-0.1, -0.05) is 11.6 Å². The number of hydrogen-bond donors (Lipinski definition) is 0. The highest BCUT2D eigenvalue weighted by atomic mass is 35.5. The molecule has 1 amide bonds. The molecule has 4 rings (SSSR count). The maximum atomic E-state index is 14.7. The lowest BCUT2D eigenvalue weighted by Crippen LogP contribution is -2.45. The molecule has 2 aromatic heterocycles. The lowest BCUT2D eigenvalue weighted by molar-refractivity contribution is -0.137. The fraction of sp³-hybridized carbons (Fsp3) is 0.227. The fourth-order valence-corrected chi connectivity index (χ4v) is 3.81. The summed E-state index contributed by atoms with van der Waals surface area (Å²) in [7, 11) is 0. The number of carbonyl (C=O) groups is 1. The van der Waals surface area contributed by atoms with E-state index in [0.717, 1.165) is 17.0 Å². The van der Waals surface area contributed by atoms with Crippen molar-refractivity contribution in [3.05, 3.63) is 76.2 Å². The summed E-state index contributed by atoms with van der Waals surface area (Å²) in [5.41, 5.74) is -1.14. The third-order valence-electron chi connectivity index (χ3n) is 5.11. The van der Waals surface area contributed by atoms with Crippen LogP contribution in [-0.4, -0.2) is 28.9 Å². The summed E-state index contributed by atoms with van der Waals surface area (Å²) < 4.78 is 92.5. The maximum Gasteiger partial charge on any atom is 0.416 e. The van der Waals surface area contributed by atoms with Crippen molar-refractivity contribution < 1.29 is 30.9 Å². The Hall–Kier alpha value is -3.27. The predicted octanol–water partition coefficient (Wildman–Crippen LogP) is 5.46. The van der Waals surface area contributed by atoms with Crippen LogP contribution in [0.3, 0.4) is 0 Å². The molecule has 0 unspecified atom stereocenters. The molecule has 0 saturated heterocycles. The molecule has 5 nitrogen and oxygen atoms in total. The van der Waals surface area contributed by atoms with E-state index in [0.29, 0.717) is 17.7 Å². The minimum Gasteiger partial charge on any atom is -0.313 e.